The lowest BCUT2D eigenvalue weighted by atomic mass is 9.66. The summed E-state index contributed by atoms with van der Waals surface area (Å²) in [6.45, 7) is 0.456. The number of phenolic OH excluding ortho intramolecular Hbond substituents is 1. The van der Waals surface area contributed by atoms with Gasteiger partial charge in [0.1, 0.15) is 5.75 Å². The van der Waals surface area contributed by atoms with E-state index in [1.165, 1.54) is 7.11 Å². The van der Waals surface area contributed by atoms with Crippen molar-refractivity contribution in [3.63, 3.8) is 0 Å². The highest BCUT2D eigenvalue weighted by Crippen LogP contribution is 2.50. The highest BCUT2D eigenvalue weighted by Gasteiger charge is 2.50. The van der Waals surface area contributed by atoms with Crippen molar-refractivity contribution in [3.05, 3.63) is 53.6 Å². The second kappa shape index (κ2) is 8.19. The summed E-state index contributed by atoms with van der Waals surface area (Å²) in [5.74, 6) is 0.764. The average Bonchev–Trinajstić information content (AvgIpc) is 2.78. The number of nitrogens with zero attached hydrogens (tertiary/aromatic N) is 1. The van der Waals surface area contributed by atoms with Gasteiger partial charge in [-0.1, -0.05) is 31.0 Å². The van der Waals surface area contributed by atoms with Gasteiger partial charge in [-0.2, -0.15) is 0 Å². The number of methoxy groups -OCH3 is 2. The molecule has 3 atom stereocenters. The number of rotatable bonds is 4. The molecule has 30 heavy (non-hydrogen) atoms. The number of para-hydroxylation sites is 1. The van der Waals surface area contributed by atoms with Gasteiger partial charge in [0.25, 0.3) is 5.91 Å². The SMILES string of the molecule is COc1cc([C@H]2[C@@H]3CCCC[C@@]3(O)CCN2C(=O)c2ccccc2OC)ccc1O. The zero-order chi connectivity index (χ0) is 21.3. The van der Waals surface area contributed by atoms with Crippen molar-refractivity contribution < 1.29 is 24.5 Å². The molecule has 6 nitrogen and oxygen atoms in total. The number of likely N-dealkylation sites (tertiary alicyclic amines) is 1. The number of hydrogen-bond donors (Lipinski definition) is 2. The van der Waals surface area contributed by atoms with Crippen LogP contribution in [0.2, 0.25) is 0 Å². The molecule has 1 saturated carbocycles. The van der Waals surface area contributed by atoms with Crippen LogP contribution in [-0.4, -0.2) is 47.4 Å². The van der Waals surface area contributed by atoms with Crippen molar-refractivity contribution in [1.29, 1.82) is 0 Å². The van der Waals surface area contributed by atoms with E-state index in [1.54, 1.807) is 31.4 Å². The first-order chi connectivity index (χ1) is 14.5. The van der Waals surface area contributed by atoms with Gasteiger partial charge in [-0.15, -0.1) is 0 Å². The predicted molar refractivity (Wildman–Crippen MR) is 113 cm³/mol. The van der Waals surface area contributed by atoms with E-state index in [0.29, 0.717) is 30.0 Å². The van der Waals surface area contributed by atoms with Crippen LogP contribution in [0.4, 0.5) is 0 Å². The van der Waals surface area contributed by atoms with Crippen LogP contribution >= 0.6 is 0 Å². The molecule has 1 saturated heterocycles. The smallest absolute Gasteiger partial charge is 0.258 e. The fourth-order valence-corrected chi connectivity index (χ4v) is 5.18. The molecule has 160 valence electrons. The molecular weight excluding hydrogens is 382 g/mol. The Morgan fingerprint density at radius 2 is 1.83 bits per heavy atom. The van der Waals surface area contributed by atoms with Gasteiger partial charge in [-0.3, -0.25) is 4.79 Å². The van der Waals surface area contributed by atoms with E-state index in [-0.39, 0.29) is 23.6 Å². The van der Waals surface area contributed by atoms with Crippen LogP contribution in [0.5, 0.6) is 17.2 Å². The molecule has 1 aliphatic carbocycles. The van der Waals surface area contributed by atoms with E-state index in [4.69, 9.17) is 9.47 Å². The predicted octanol–water partition coefficient (Wildman–Crippen LogP) is 3.92. The third-order valence-electron chi connectivity index (χ3n) is 6.71. The van der Waals surface area contributed by atoms with E-state index in [1.807, 2.05) is 23.1 Å². The van der Waals surface area contributed by atoms with Crippen LogP contribution in [0.25, 0.3) is 0 Å². The summed E-state index contributed by atoms with van der Waals surface area (Å²) in [5, 5.41) is 21.5. The van der Waals surface area contributed by atoms with Crippen LogP contribution < -0.4 is 9.47 Å². The van der Waals surface area contributed by atoms with E-state index >= 15 is 0 Å². The molecule has 6 heteroatoms. The molecule has 4 rings (SSSR count). The van der Waals surface area contributed by atoms with Crippen LogP contribution in [0.15, 0.2) is 42.5 Å². The Bertz CT molecular complexity index is 930. The van der Waals surface area contributed by atoms with Gasteiger partial charge >= 0.3 is 0 Å². The average molecular weight is 411 g/mol. The molecule has 0 bridgehead atoms. The summed E-state index contributed by atoms with van der Waals surface area (Å²) in [5.41, 5.74) is 0.584. The summed E-state index contributed by atoms with van der Waals surface area (Å²) in [6, 6.07) is 12.1. The minimum atomic E-state index is -0.786. The minimum absolute atomic E-state index is 0.0542. The number of aromatic hydroxyl groups is 1. The number of benzene rings is 2. The number of fused-ring (bicyclic) bond motifs is 1. The summed E-state index contributed by atoms with van der Waals surface area (Å²) in [6.07, 6.45) is 4.18. The van der Waals surface area contributed by atoms with Crippen molar-refractivity contribution >= 4 is 5.91 Å². The van der Waals surface area contributed by atoms with E-state index < -0.39 is 5.60 Å². The molecule has 1 amide bonds. The lowest BCUT2D eigenvalue weighted by Crippen LogP contribution is -2.56. The Labute approximate surface area is 177 Å². The first-order valence-electron chi connectivity index (χ1n) is 10.5. The molecule has 2 fully saturated rings. The Hall–Kier alpha value is -2.73. The second-order valence-electron chi connectivity index (χ2n) is 8.28. The Morgan fingerprint density at radius 3 is 2.60 bits per heavy atom. The second-order valence-corrected chi connectivity index (χ2v) is 8.28. The topological polar surface area (TPSA) is 79.2 Å². The first kappa shape index (κ1) is 20.5. The number of phenols is 1. The number of ether oxygens (including phenoxy) is 2. The summed E-state index contributed by atoms with van der Waals surface area (Å²) < 4.78 is 10.7. The van der Waals surface area contributed by atoms with Crippen molar-refractivity contribution in [2.75, 3.05) is 20.8 Å². The van der Waals surface area contributed by atoms with Gasteiger partial charge in [0, 0.05) is 12.5 Å². The fourth-order valence-electron chi connectivity index (χ4n) is 5.18. The van der Waals surface area contributed by atoms with Gasteiger partial charge in [0.2, 0.25) is 0 Å². The largest absolute Gasteiger partial charge is 0.504 e. The van der Waals surface area contributed by atoms with E-state index in [0.717, 1.165) is 31.2 Å². The number of amides is 1. The molecule has 2 aromatic carbocycles. The molecule has 0 spiro atoms. The standard InChI is InChI=1S/C24H29NO5/c1-29-20-9-4-3-7-17(20)23(27)25-14-13-24(28)12-6-5-8-18(24)22(25)16-10-11-19(26)21(15-16)30-2/h3-4,7,9-11,15,18,22,26,28H,5-6,8,12-14H2,1-2H3/t18-,22-,24+/m0/s1. The third-order valence-corrected chi connectivity index (χ3v) is 6.71. The summed E-state index contributed by atoms with van der Waals surface area (Å²) >= 11 is 0. The molecule has 0 radical (unpaired) electrons. The highest BCUT2D eigenvalue weighted by atomic mass is 16.5. The van der Waals surface area contributed by atoms with Crippen LogP contribution in [0, 0.1) is 5.92 Å². The monoisotopic (exact) mass is 411 g/mol. The molecule has 2 aliphatic rings. The minimum Gasteiger partial charge on any atom is -0.504 e. The molecule has 2 aromatic rings. The number of carbonyl (C=O) groups excluding carboxylic acids is 1. The van der Waals surface area contributed by atoms with Crippen LogP contribution in [0.1, 0.15) is 54.1 Å². The van der Waals surface area contributed by atoms with Crippen molar-refractivity contribution in [3.8, 4) is 17.2 Å². The molecule has 1 heterocycles. The fraction of sp³-hybridized carbons (Fsp3) is 0.458. The number of aliphatic hydroxyl groups is 1. The first-order valence-corrected chi connectivity index (χ1v) is 10.5. The number of carbonyl (C=O) groups is 1. The van der Waals surface area contributed by atoms with Crippen LogP contribution in [-0.2, 0) is 0 Å². The van der Waals surface area contributed by atoms with Crippen molar-refractivity contribution in [2.24, 2.45) is 5.92 Å². The maximum atomic E-state index is 13.6. The maximum absolute atomic E-state index is 13.6. The Kier molecular flexibility index (Phi) is 5.60. The lowest BCUT2D eigenvalue weighted by molar-refractivity contribution is -0.115. The summed E-state index contributed by atoms with van der Waals surface area (Å²) in [7, 11) is 3.07. The Balaban J connectivity index is 1.79. The summed E-state index contributed by atoms with van der Waals surface area (Å²) in [4.78, 5) is 15.5. The molecule has 0 unspecified atom stereocenters. The van der Waals surface area contributed by atoms with Crippen molar-refractivity contribution in [1.82, 2.24) is 4.90 Å². The molecule has 1 aliphatic heterocycles. The quantitative estimate of drug-likeness (QED) is 0.797. The zero-order valence-electron chi connectivity index (χ0n) is 17.5. The van der Waals surface area contributed by atoms with E-state index in [2.05, 4.69) is 0 Å². The maximum Gasteiger partial charge on any atom is 0.258 e. The van der Waals surface area contributed by atoms with Gasteiger partial charge in [0.15, 0.2) is 11.5 Å². The third kappa shape index (κ3) is 3.49. The number of hydrogen-bond acceptors (Lipinski definition) is 5. The zero-order valence-corrected chi connectivity index (χ0v) is 17.5. The number of piperidine rings is 1. The molecule has 2 N–H and O–H groups in total. The molecule has 0 aromatic heterocycles. The normalized spacial score (nSPS) is 26.0. The van der Waals surface area contributed by atoms with E-state index in [9.17, 15) is 15.0 Å². The highest BCUT2D eigenvalue weighted by molar-refractivity contribution is 5.97. The van der Waals surface area contributed by atoms with Gasteiger partial charge in [-0.25, -0.2) is 0 Å². The Morgan fingerprint density at radius 1 is 1.07 bits per heavy atom. The van der Waals surface area contributed by atoms with Crippen molar-refractivity contribution in [2.45, 2.75) is 43.7 Å². The van der Waals surface area contributed by atoms with Crippen LogP contribution in [0.3, 0.4) is 0 Å². The lowest BCUT2D eigenvalue weighted by Gasteiger charge is -2.52. The van der Waals surface area contributed by atoms with Gasteiger partial charge in [-0.05, 0) is 49.1 Å². The van der Waals surface area contributed by atoms with Gasteiger partial charge < -0.3 is 24.6 Å². The van der Waals surface area contributed by atoms with Gasteiger partial charge in [0.05, 0.1) is 31.4 Å². The molecular formula is C24H29NO5.